The van der Waals surface area contributed by atoms with Gasteiger partial charge < -0.3 is 9.84 Å². The van der Waals surface area contributed by atoms with Crippen LogP contribution >= 0.6 is 0 Å². The number of hydrazone groups is 1. The second-order valence-corrected chi connectivity index (χ2v) is 7.08. The topological polar surface area (TPSA) is 88.0 Å². The average molecular weight is 348 g/mol. The van der Waals surface area contributed by atoms with E-state index in [0.29, 0.717) is 16.7 Å². The molecule has 2 N–H and O–H groups in total. The zero-order valence-electron chi connectivity index (χ0n) is 14.0. The molecule has 0 atom stereocenters. The molecule has 2 aromatic rings. The van der Waals surface area contributed by atoms with Crippen molar-refractivity contribution in [3.63, 3.8) is 0 Å². The smallest absolute Gasteiger partial charge is 0.277 e. The van der Waals surface area contributed by atoms with E-state index in [-0.39, 0.29) is 16.4 Å². The van der Waals surface area contributed by atoms with E-state index >= 15 is 0 Å². The Balaban J connectivity index is 2.29. The SMILES string of the molecule is COc1cccc(C=NNS(=O)(=O)c2c(C)cc(C)cc2C)c1O. The Morgan fingerprint density at radius 3 is 2.38 bits per heavy atom. The zero-order chi connectivity index (χ0) is 17.9. The third-order valence-corrected chi connectivity index (χ3v) is 5.03. The largest absolute Gasteiger partial charge is 0.504 e. The molecule has 0 spiro atoms. The van der Waals surface area contributed by atoms with Crippen molar-refractivity contribution >= 4 is 16.2 Å². The number of benzene rings is 2. The summed E-state index contributed by atoms with van der Waals surface area (Å²) in [5.74, 6) is 0.178. The Morgan fingerprint density at radius 2 is 1.79 bits per heavy atom. The molecule has 2 rings (SSSR count). The number of hydrogen-bond donors (Lipinski definition) is 2. The fourth-order valence-electron chi connectivity index (χ4n) is 2.61. The van der Waals surface area contributed by atoms with E-state index < -0.39 is 10.0 Å². The summed E-state index contributed by atoms with van der Waals surface area (Å²) in [7, 11) is -2.37. The molecule has 24 heavy (non-hydrogen) atoms. The maximum Gasteiger partial charge on any atom is 0.277 e. The number of aromatic hydroxyl groups is 1. The molecule has 0 radical (unpaired) electrons. The lowest BCUT2D eigenvalue weighted by Gasteiger charge is -2.11. The molecule has 0 aliphatic rings. The minimum atomic E-state index is -3.80. The standard InChI is InChI=1S/C17H20N2O4S/c1-11-8-12(2)17(13(3)9-11)24(21,22)19-18-10-14-6-5-7-15(23-4)16(14)20/h5-10,19-20H,1-4H3. The Hall–Kier alpha value is -2.54. The number of methoxy groups -OCH3 is 1. The Kier molecular flexibility index (Phi) is 5.14. The first kappa shape index (κ1) is 17.8. The van der Waals surface area contributed by atoms with Gasteiger partial charge in [-0.2, -0.15) is 13.5 Å². The molecule has 128 valence electrons. The van der Waals surface area contributed by atoms with Crippen LogP contribution in [-0.4, -0.2) is 26.8 Å². The van der Waals surface area contributed by atoms with Crippen LogP contribution in [0, 0.1) is 20.8 Å². The predicted molar refractivity (Wildman–Crippen MR) is 93.2 cm³/mol. The van der Waals surface area contributed by atoms with Crippen LogP contribution in [0.25, 0.3) is 0 Å². The van der Waals surface area contributed by atoms with Gasteiger partial charge in [0.1, 0.15) is 0 Å². The summed E-state index contributed by atoms with van der Waals surface area (Å²) < 4.78 is 29.9. The second kappa shape index (κ2) is 6.92. The quantitative estimate of drug-likeness (QED) is 0.642. The van der Waals surface area contributed by atoms with E-state index in [2.05, 4.69) is 9.93 Å². The minimum absolute atomic E-state index is 0.106. The number of ether oxygens (including phenoxy) is 1. The number of phenols is 1. The number of sulfonamides is 1. The highest BCUT2D eigenvalue weighted by Gasteiger charge is 2.19. The number of rotatable bonds is 5. The van der Waals surface area contributed by atoms with E-state index in [0.717, 1.165) is 5.56 Å². The lowest BCUT2D eigenvalue weighted by atomic mass is 10.1. The molecule has 0 heterocycles. The number of aryl methyl sites for hydroxylation is 3. The van der Waals surface area contributed by atoms with Crippen LogP contribution in [0.15, 0.2) is 40.3 Å². The van der Waals surface area contributed by atoms with E-state index in [4.69, 9.17) is 4.74 Å². The van der Waals surface area contributed by atoms with Crippen molar-refractivity contribution in [1.29, 1.82) is 0 Å². The molecule has 6 nitrogen and oxygen atoms in total. The normalized spacial score (nSPS) is 11.7. The molecule has 0 saturated heterocycles. The van der Waals surface area contributed by atoms with Gasteiger partial charge in [-0.05, 0) is 44.0 Å². The van der Waals surface area contributed by atoms with Gasteiger partial charge in [-0.25, -0.2) is 4.83 Å². The highest BCUT2D eigenvalue weighted by atomic mass is 32.2. The van der Waals surface area contributed by atoms with Gasteiger partial charge in [0.25, 0.3) is 10.0 Å². The van der Waals surface area contributed by atoms with E-state index in [1.54, 1.807) is 44.2 Å². The summed E-state index contributed by atoms with van der Waals surface area (Å²) in [6.45, 7) is 5.39. The van der Waals surface area contributed by atoms with Crippen LogP contribution in [0.2, 0.25) is 0 Å². The first-order chi connectivity index (χ1) is 11.3. The lowest BCUT2D eigenvalue weighted by molar-refractivity contribution is 0.373. The van der Waals surface area contributed by atoms with Crippen LogP contribution in [0.1, 0.15) is 22.3 Å². The van der Waals surface area contributed by atoms with Crippen molar-refractivity contribution in [2.75, 3.05) is 7.11 Å². The van der Waals surface area contributed by atoms with Crippen LogP contribution in [-0.2, 0) is 10.0 Å². The molecular weight excluding hydrogens is 328 g/mol. The number of nitrogens with one attached hydrogen (secondary N) is 1. The van der Waals surface area contributed by atoms with E-state index in [1.165, 1.54) is 13.3 Å². The number of phenolic OH excluding ortho intramolecular Hbond substituents is 1. The summed E-state index contributed by atoms with van der Waals surface area (Å²) in [5, 5.41) is 13.7. The monoisotopic (exact) mass is 348 g/mol. The molecule has 2 aromatic carbocycles. The van der Waals surface area contributed by atoms with Crippen LogP contribution in [0.4, 0.5) is 0 Å². The van der Waals surface area contributed by atoms with Gasteiger partial charge in [0.2, 0.25) is 0 Å². The Bertz CT molecular complexity index is 866. The van der Waals surface area contributed by atoms with Crippen molar-refractivity contribution in [1.82, 2.24) is 4.83 Å². The van der Waals surface area contributed by atoms with Crippen molar-refractivity contribution in [3.8, 4) is 11.5 Å². The average Bonchev–Trinajstić information content (AvgIpc) is 2.47. The molecule has 0 unspecified atom stereocenters. The van der Waals surface area contributed by atoms with Crippen LogP contribution in [0.3, 0.4) is 0 Å². The molecule has 7 heteroatoms. The third kappa shape index (κ3) is 3.68. The summed E-state index contributed by atoms with van der Waals surface area (Å²) in [6.07, 6.45) is 1.23. The maximum atomic E-state index is 12.5. The highest BCUT2D eigenvalue weighted by molar-refractivity contribution is 7.89. The van der Waals surface area contributed by atoms with Gasteiger partial charge in [0.05, 0.1) is 18.2 Å². The Labute approximate surface area is 141 Å². The summed E-state index contributed by atoms with van der Waals surface area (Å²) in [4.78, 5) is 2.39. The molecular formula is C17H20N2O4S. The number of nitrogens with zero attached hydrogens (tertiary/aromatic N) is 1. The molecule has 0 aliphatic heterocycles. The molecule has 0 saturated carbocycles. The maximum absolute atomic E-state index is 12.5. The second-order valence-electron chi connectivity index (χ2n) is 5.48. The lowest BCUT2D eigenvalue weighted by Crippen LogP contribution is -2.20. The van der Waals surface area contributed by atoms with Gasteiger partial charge in [0.15, 0.2) is 11.5 Å². The highest BCUT2D eigenvalue weighted by Crippen LogP contribution is 2.28. The fraction of sp³-hybridized carbons (Fsp3) is 0.235. The van der Waals surface area contributed by atoms with Crippen LogP contribution < -0.4 is 9.57 Å². The van der Waals surface area contributed by atoms with Crippen molar-refractivity contribution < 1.29 is 18.3 Å². The van der Waals surface area contributed by atoms with Gasteiger partial charge in [-0.15, -0.1) is 0 Å². The first-order valence-electron chi connectivity index (χ1n) is 7.25. The molecule has 0 aliphatic carbocycles. The van der Waals surface area contributed by atoms with E-state index in [9.17, 15) is 13.5 Å². The molecule has 0 bridgehead atoms. The Morgan fingerprint density at radius 1 is 1.17 bits per heavy atom. The van der Waals surface area contributed by atoms with Crippen molar-refractivity contribution in [2.24, 2.45) is 5.10 Å². The third-order valence-electron chi connectivity index (χ3n) is 3.50. The van der Waals surface area contributed by atoms with Gasteiger partial charge in [-0.1, -0.05) is 23.8 Å². The first-order valence-corrected chi connectivity index (χ1v) is 8.73. The summed E-state index contributed by atoms with van der Waals surface area (Å²) in [5.41, 5.74) is 2.64. The van der Waals surface area contributed by atoms with Crippen molar-refractivity contribution in [2.45, 2.75) is 25.7 Å². The molecule has 0 aromatic heterocycles. The molecule has 0 amide bonds. The zero-order valence-corrected chi connectivity index (χ0v) is 14.8. The van der Waals surface area contributed by atoms with Gasteiger partial charge >= 0.3 is 0 Å². The summed E-state index contributed by atoms with van der Waals surface area (Å²) in [6, 6.07) is 8.47. The van der Waals surface area contributed by atoms with Gasteiger partial charge in [0, 0.05) is 5.56 Å². The number of para-hydroxylation sites is 1. The van der Waals surface area contributed by atoms with Crippen molar-refractivity contribution in [3.05, 3.63) is 52.6 Å². The fourth-order valence-corrected chi connectivity index (χ4v) is 3.86. The minimum Gasteiger partial charge on any atom is -0.504 e. The number of hydrogen-bond acceptors (Lipinski definition) is 5. The van der Waals surface area contributed by atoms with E-state index in [1.807, 2.05) is 6.92 Å². The van der Waals surface area contributed by atoms with Crippen LogP contribution in [0.5, 0.6) is 11.5 Å². The van der Waals surface area contributed by atoms with Gasteiger partial charge in [-0.3, -0.25) is 0 Å². The molecule has 0 fully saturated rings. The summed E-state index contributed by atoms with van der Waals surface area (Å²) >= 11 is 0. The predicted octanol–water partition coefficient (Wildman–Crippen LogP) is 2.64.